The molecule has 49 heavy (non-hydrogen) atoms. The van der Waals surface area contributed by atoms with Gasteiger partial charge in [0.2, 0.25) is 11.8 Å². The number of esters is 2. The quantitative estimate of drug-likeness (QED) is 0.0696. The van der Waals surface area contributed by atoms with Crippen LogP contribution in [0.15, 0.2) is 97.1 Å². The molecule has 2 aromatic rings. The summed E-state index contributed by atoms with van der Waals surface area (Å²) >= 11 is 5.46. The number of benzene rings is 2. The van der Waals surface area contributed by atoms with Gasteiger partial charge in [-0.1, -0.05) is 85.0 Å². The van der Waals surface area contributed by atoms with E-state index in [9.17, 15) is 19.2 Å². The van der Waals surface area contributed by atoms with Crippen molar-refractivity contribution in [2.24, 2.45) is 0 Å². The third-order valence-electron chi connectivity index (χ3n) is 6.07. The minimum atomic E-state index is -0.551. The fourth-order valence-corrected chi connectivity index (χ4v) is 3.62. The number of ether oxygens (including phenoxy) is 3. The zero-order chi connectivity index (χ0) is 36.2. The minimum absolute atomic E-state index is 0.177. The molecule has 0 aliphatic heterocycles. The van der Waals surface area contributed by atoms with Crippen molar-refractivity contribution in [3.63, 3.8) is 0 Å². The number of nitrogens with one attached hydrogen (secondary N) is 2. The van der Waals surface area contributed by atoms with Crippen molar-refractivity contribution in [3.8, 4) is 0 Å². The van der Waals surface area contributed by atoms with Gasteiger partial charge in [-0.3, -0.25) is 9.59 Å². The lowest BCUT2D eigenvalue weighted by molar-refractivity contribution is -0.135. The van der Waals surface area contributed by atoms with Gasteiger partial charge in [-0.2, -0.15) is 0 Å². The Hall–Kier alpha value is -4.51. The number of unbranched alkanes of at least 4 members (excludes halogenated alkanes) is 4. The molecule has 2 rings (SSSR count). The molecule has 2 aromatic carbocycles. The summed E-state index contributed by atoms with van der Waals surface area (Å²) in [7, 11) is 2.52. The summed E-state index contributed by atoms with van der Waals surface area (Å²) in [6, 6.07) is 20.2. The minimum Gasteiger partial charge on any atom is -0.466 e. The third-order valence-corrected chi connectivity index (χ3v) is 6.24. The number of alkyl halides is 1. The van der Waals surface area contributed by atoms with Gasteiger partial charge in [-0.15, -0.1) is 11.6 Å². The van der Waals surface area contributed by atoms with Crippen LogP contribution in [0, 0.1) is 0 Å². The molecule has 0 unspecified atom stereocenters. The molecule has 0 heterocycles. The van der Waals surface area contributed by atoms with Crippen molar-refractivity contribution in [2.45, 2.75) is 38.5 Å². The van der Waals surface area contributed by atoms with E-state index >= 15 is 0 Å². The molecule has 2 amide bonds. The van der Waals surface area contributed by atoms with Crippen molar-refractivity contribution >= 4 is 47.5 Å². The fraction of sp³-hybridized carbons (Fsp3) is 0.368. The van der Waals surface area contributed by atoms with Crippen LogP contribution in [-0.2, 0) is 33.4 Å². The van der Waals surface area contributed by atoms with Crippen molar-refractivity contribution in [1.82, 2.24) is 10.6 Å². The molecule has 11 heteroatoms. The van der Waals surface area contributed by atoms with Gasteiger partial charge < -0.3 is 30.0 Å². The van der Waals surface area contributed by atoms with E-state index in [0.717, 1.165) is 62.3 Å². The topological polar surface area (TPSA) is 140 Å². The average Bonchev–Trinajstić information content (AvgIpc) is 3.14. The summed E-state index contributed by atoms with van der Waals surface area (Å²) in [5.74, 6) is -1.12. The summed E-state index contributed by atoms with van der Waals surface area (Å²) in [6.45, 7) is 2.61. The second kappa shape index (κ2) is 33.4. The number of hydrogen-bond acceptors (Lipinski definition) is 8. The first-order valence-electron chi connectivity index (χ1n) is 16.1. The standard InChI is InChI=1S/C19H25NO4.C10H17NO4.C9H9Cl/c1-23-19(22)13-12-18(21)20-14-6-3-7-15-24-16-8-11-17-9-4-2-5-10-17;1-15-10(14)6-5-9(13)11-7-3-2-4-8-12;10-8-4-7-9-5-2-1-3-6-9/h2,4-5,8-13H,3,6-7,14-16H2,1H3,(H,20,21);5-6,12H,2-4,7-8H2,1H3,(H,11,13);1-7H,8H2/b11-8+,13-12-;6-5-;7-4+. The maximum Gasteiger partial charge on any atom is 0.330 e. The molecule has 0 aliphatic rings. The monoisotopic (exact) mass is 698 g/mol. The van der Waals surface area contributed by atoms with Crippen LogP contribution in [-0.4, -0.2) is 81.9 Å². The van der Waals surface area contributed by atoms with Gasteiger partial charge in [0, 0.05) is 56.5 Å². The van der Waals surface area contributed by atoms with E-state index in [-0.39, 0.29) is 18.4 Å². The average molecular weight is 699 g/mol. The molecule has 0 atom stereocenters. The highest BCUT2D eigenvalue weighted by atomic mass is 35.5. The molecular weight excluding hydrogens is 648 g/mol. The number of allylic oxidation sites excluding steroid dienone is 1. The van der Waals surface area contributed by atoms with Crippen molar-refractivity contribution in [1.29, 1.82) is 0 Å². The van der Waals surface area contributed by atoms with Crippen LogP contribution in [0.3, 0.4) is 0 Å². The summed E-state index contributed by atoms with van der Waals surface area (Å²) in [5, 5.41) is 13.8. The van der Waals surface area contributed by atoms with Crippen LogP contribution in [0.2, 0.25) is 0 Å². The third kappa shape index (κ3) is 30.6. The number of amides is 2. The highest BCUT2D eigenvalue weighted by molar-refractivity contribution is 6.19. The van der Waals surface area contributed by atoms with Gasteiger partial charge in [0.15, 0.2) is 0 Å². The first-order valence-corrected chi connectivity index (χ1v) is 16.6. The van der Waals surface area contributed by atoms with E-state index in [1.54, 1.807) is 0 Å². The second-order valence-electron chi connectivity index (χ2n) is 10.00. The predicted molar refractivity (Wildman–Crippen MR) is 196 cm³/mol. The Kier molecular flexibility index (Phi) is 30.3. The van der Waals surface area contributed by atoms with E-state index in [1.165, 1.54) is 25.9 Å². The van der Waals surface area contributed by atoms with Crippen LogP contribution >= 0.6 is 11.6 Å². The highest BCUT2D eigenvalue weighted by Crippen LogP contribution is 2.02. The van der Waals surface area contributed by atoms with Gasteiger partial charge in [0.25, 0.3) is 0 Å². The Morgan fingerprint density at radius 2 is 1.12 bits per heavy atom. The first-order chi connectivity index (χ1) is 23.9. The molecule has 0 radical (unpaired) electrons. The highest BCUT2D eigenvalue weighted by Gasteiger charge is 1.98. The van der Waals surface area contributed by atoms with Gasteiger partial charge >= 0.3 is 11.9 Å². The predicted octanol–water partition coefficient (Wildman–Crippen LogP) is 5.67. The largest absolute Gasteiger partial charge is 0.466 e. The van der Waals surface area contributed by atoms with Gasteiger partial charge in [-0.25, -0.2) is 9.59 Å². The van der Waals surface area contributed by atoms with E-state index in [2.05, 4.69) is 20.1 Å². The van der Waals surface area contributed by atoms with Crippen LogP contribution in [0.4, 0.5) is 0 Å². The zero-order valence-electron chi connectivity index (χ0n) is 28.6. The molecule has 3 N–H and O–H groups in total. The Morgan fingerprint density at radius 3 is 1.57 bits per heavy atom. The number of aliphatic hydroxyl groups is 1. The smallest absolute Gasteiger partial charge is 0.330 e. The van der Waals surface area contributed by atoms with Crippen LogP contribution < -0.4 is 10.6 Å². The van der Waals surface area contributed by atoms with E-state index in [4.69, 9.17) is 21.4 Å². The molecule has 0 aromatic heterocycles. The summed E-state index contributed by atoms with van der Waals surface area (Å²) in [4.78, 5) is 43.8. The van der Waals surface area contributed by atoms with E-state index in [1.807, 2.05) is 85.0 Å². The molecular formula is C38H51ClN2O8. The summed E-state index contributed by atoms with van der Waals surface area (Å²) in [5.41, 5.74) is 2.36. The van der Waals surface area contributed by atoms with Crippen LogP contribution in [0.1, 0.15) is 49.7 Å². The fourth-order valence-electron chi connectivity index (χ4n) is 3.53. The first kappa shape index (κ1) is 44.5. The normalized spacial score (nSPS) is 10.7. The van der Waals surface area contributed by atoms with E-state index < -0.39 is 11.9 Å². The van der Waals surface area contributed by atoms with Crippen molar-refractivity contribution in [3.05, 3.63) is 108 Å². The van der Waals surface area contributed by atoms with Gasteiger partial charge in [0.05, 0.1) is 20.8 Å². The number of halogens is 1. The number of aliphatic hydroxyl groups excluding tert-OH is 1. The Balaban J connectivity index is 0.000000782. The van der Waals surface area contributed by atoms with E-state index in [0.29, 0.717) is 32.2 Å². The molecule has 10 nitrogen and oxygen atoms in total. The molecule has 0 saturated heterocycles. The molecule has 0 saturated carbocycles. The lowest BCUT2D eigenvalue weighted by Crippen LogP contribution is -2.22. The number of rotatable bonds is 20. The van der Waals surface area contributed by atoms with Gasteiger partial charge in [0.1, 0.15) is 0 Å². The number of methoxy groups -OCH3 is 2. The van der Waals surface area contributed by atoms with Crippen molar-refractivity contribution < 1.29 is 38.5 Å². The molecule has 0 spiro atoms. The lowest BCUT2D eigenvalue weighted by Gasteiger charge is -2.03. The van der Waals surface area contributed by atoms with Crippen molar-refractivity contribution in [2.75, 3.05) is 53.0 Å². The van der Waals surface area contributed by atoms with Crippen LogP contribution in [0.25, 0.3) is 12.2 Å². The molecule has 0 fully saturated rings. The van der Waals surface area contributed by atoms with Crippen LogP contribution in [0.5, 0.6) is 0 Å². The Labute approximate surface area is 295 Å². The number of carbonyl (C=O) groups excluding carboxylic acids is 4. The SMILES string of the molecule is COC(=O)/C=C\C(=O)NCCCCCO.COC(=O)/C=C\C(=O)NCCCCCOC/C=C/c1ccccc1.ClC/C=C/c1ccccc1. The Bertz CT molecular complexity index is 1270. The molecule has 0 aliphatic carbocycles. The molecule has 0 bridgehead atoms. The maximum absolute atomic E-state index is 11.3. The summed E-state index contributed by atoms with van der Waals surface area (Å²) < 4.78 is 14.2. The summed E-state index contributed by atoms with van der Waals surface area (Å²) in [6.07, 6.45) is 17.7. The zero-order valence-corrected chi connectivity index (χ0v) is 29.3. The maximum atomic E-state index is 11.3. The number of carbonyl (C=O) groups is 4. The lowest BCUT2D eigenvalue weighted by atomic mass is 10.2. The van der Waals surface area contributed by atoms with Gasteiger partial charge in [-0.05, 0) is 49.7 Å². The molecule has 268 valence electrons. The number of hydrogen-bond donors (Lipinski definition) is 3. The second-order valence-corrected chi connectivity index (χ2v) is 10.3. The Morgan fingerprint density at radius 1 is 0.653 bits per heavy atom.